The third-order valence-electron chi connectivity index (χ3n) is 7.26. The van der Waals surface area contributed by atoms with Crippen LogP contribution in [0.4, 0.5) is 8.78 Å². The van der Waals surface area contributed by atoms with Gasteiger partial charge in [0.1, 0.15) is 23.8 Å². The van der Waals surface area contributed by atoms with E-state index < -0.39 is 47.9 Å². The molecule has 4 atom stereocenters. The number of H-pyrrole nitrogens is 1. The highest BCUT2D eigenvalue weighted by molar-refractivity contribution is 6.36. The molecule has 1 unspecified atom stereocenters. The highest BCUT2D eigenvalue weighted by Crippen LogP contribution is 2.47. The summed E-state index contributed by atoms with van der Waals surface area (Å²) in [6.45, 7) is 0. The number of rotatable bonds is 1. The molecular weight excluding hydrogens is 462 g/mol. The number of carbonyl (C=O) groups is 2. The lowest BCUT2D eigenvalue weighted by molar-refractivity contribution is -0.0241. The zero-order valence-corrected chi connectivity index (χ0v) is 17.8. The second kappa shape index (κ2) is 6.63. The third kappa shape index (κ3) is 2.48. The van der Waals surface area contributed by atoms with Gasteiger partial charge < -0.3 is 29.6 Å². The van der Waals surface area contributed by atoms with Gasteiger partial charge in [-0.1, -0.05) is 0 Å². The van der Waals surface area contributed by atoms with Crippen LogP contribution in [0.25, 0.3) is 43.6 Å². The van der Waals surface area contributed by atoms with Crippen LogP contribution in [0.2, 0.25) is 0 Å². The van der Waals surface area contributed by atoms with Crippen molar-refractivity contribution in [1.82, 2.24) is 9.55 Å². The number of benzene rings is 3. The number of nitrogens with zero attached hydrogens (tertiary/aromatic N) is 1. The fourth-order valence-corrected chi connectivity index (χ4v) is 5.82. The number of aliphatic hydroxyl groups is 3. The highest BCUT2D eigenvalue weighted by Gasteiger charge is 2.44. The minimum atomic E-state index is -1.42. The molecule has 7 rings (SSSR count). The van der Waals surface area contributed by atoms with Crippen molar-refractivity contribution in [3.63, 3.8) is 0 Å². The number of esters is 2. The summed E-state index contributed by atoms with van der Waals surface area (Å²) >= 11 is 0. The average molecular weight is 478 g/mol. The van der Waals surface area contributed by atoms with Crippen LogP contribution in [0.1, 0.15) is 33.2 Å². The van der Waals surface area contributed by atoms with Crippen molar-refractivity contribution in [2.45, 2.75) is 30.8 Å². The van der Waals surface area contributed by atoms with Gasteiger partial charge in [0.25, 0.3) is 0 Å². The molecule has 3 aromatic carbocycles. The summed E-state index contributed by atoms with van der Waals surface area (Å²) in [6, 6.07) is 7.04. The van der Waals surface area contributed by atoms with Gasteiger partial charge in [0, 0.05) is 32.6 Å². The molecule has 4 N–H and O–H groups in total. The van der Waals surface area contributed by atoms with Crippen molar-refractivity contribution in [3.05, 3.63) is 59.2 Å². The van der Waals surface area contributed by atoms with Crippen LogP contribution in [-0.2, 0) is 4.74 Å². The van der Waals surface area contributed by atoms with Gasteiger partial charge in [-0.15, -0.1) is 0 Å². The summed E-state index contributed by atoms with van der Waals surface area (Å²) in [5.74, 6) is -2.96. The predicted molar refractivity (Wildman–Crippen MR) is 120 cm³/mol. The summed E-state index contributed by atoms with van der Waals surface area (Å²) in [7, 11) is 0. The number of aliphatic hydroxyl groups excluding tert-OH is 3. The number of carbonyl (C=O) groups excluding carboxylic acids is 2. The molecule has 0 spiro atoms. The molecule has 5 aromatic rings. The molecule has 1 saturated carbocycles. The molecule has 1 aliphatic carbocycles. The van der Waals surface area contributed by atoms with E-state index in [0.717, 1.165) is 0 Å². The number of aromatic nitrogens is 2. The number of ether oxygens (including phenoxy) is 1. The molecule has 1 aliphatic heterocycles. The van der Waals surface area contributed by atoms with E-state index in [-0.39, 0.29) is 33.7 Å². The smallest absolute Gasteiger partial charge is 0.347 e. The van der Waals surface area contributed by atoms with Crippen molar-refractivity contribution < 1.29 is 38.4 Å². The van der Waals surface area contributed by atoms with Crippen molar-refractivity contribution in [2.75, 3.05) is 0 Å². The number of cyclic esters (lactones) is 2. The molecule has 1 fully saturated rings. The van der Waals surface area contributed by atoms with Gasteiger partial charge in [0.15, 0.2) is 0 Å². The number of hydrogen-bond acceptors (Lipinski definition) is 6. The van der Waals surface area contributed by atoms with E-state index >= 15 is 0 Å². The standard InChI is InChI=1S/C25H16F2N2O6/c26-8-1-3-12-10(5-8)16-18-19(25(34)35-24(18)33)17-11-6-9(27)2-4-13(11)29(21(17)20(16)28-12)14-7-15(30)23(32)22(14)31/h1-6,14-15,22-23,28,30-32H,7H2/t14?,15-,22-,23+/m0/s1. The number of halogens is 2. The van der Waals surface area contributed by atoms with Gasteiger partial charge in [-0.05, 0) is 42.8 Å². The minimum absolute atomic E-state index is 0.0185. The molecule has 0 saturated heterocycles. The van der Waals surface area contributed by atoms with E-state index in [1.807, 2.05) is 0 Å². The number of hydrogen-bond donors (Lipinski definition) is 4. The lowest BCUT2D eigenvalue weighted by Crippen LogP contribution is -2.31. The monoisotopic (exact) mass is 478 g/mol. The van der Waals surface area contributed by atoms with E-state index in [4.69, 9.17) is 4.74 Å². The normalized spacial score (nSPS) is 24.4. The minimum Gasteiger partial charge on any atom is -0.390 e. The quantitative estimate of drug-likeness (QED) is 0.217. The Hall–Kier alpha value is -3.86. The van der Waals surface area contributed by atoms with Gasteiger partial charge in [-0.2, -0.15) is 0 Å². The zero-order chi connectivity index (χ0) is 24.3. The maximum atomic E-state index is 14.4. The Bertz CT molecular complexity index is 1790. The van der Waals surface area contributed by atoms with Gasteiger partial charge in [0.2, 0.25) is 0 Å². The summed E-state index contributed by atoms with van der Waals surface area (Å²) in [4.78, 5) is 28.9. The number of nitrogens with one attached hydrogen (secondary N) is 1. The molecule has 10 heteroatoms. The predicted octanol–water partition coefficient (Wildman–Crippen LogP) is 3.05. The maximum absolute atomic E-state index is 14.4. The molecule has 0 radical (unpaired) electrons. The summed E-state index contributed by atoms with van der Waals surface area (Å²) in [6.07, 6.45) is -4.01. The number of aromatic amines is 1. The first-order chi connectivity index (χ1) is 16.8. The second-order valence-electron chi connectivity index (χ2n) is 9.10. The van der Waals surface area contributed by atoms with Crippen LogP contribution >= 0.6 is 0 Å². The lowest BCUT2D eigenvalue weighted by Gasteiger charge is -2.21. The Morgan fingerprint density at radius 3 is 2.23 bits per heavy atom. The molecule has 176 valence electrons. The largest absolute Gasteiger partial charge is 0.390 e. The van der Waals surface area contributed by atoms with Crippen molar-refractivity contribution >= 4 is 55.6 Å². The third-order valence-corrected chi connectivity index (χ3v) is 7.26. The first kappa shape index (κ1) is 20.5. The van der Waals surface area contributed by atoms with Crippen LogP contribution in [0, 0.1) is 11.6 Å². The van der Waals surface area contributed by atoms with Crippen molar-refractivity contribution in [2.24, 2.45) is 0 Å². The first-order valence-corrected chi connectivity index (χ1v) is 11.0. The Kier molecular flexibility index (Phi) is 3.88. The number of fused-ring (bicyclic) bond motifs is 10. The van der Waals surface area contributed by atoms with Crippen LogP contribution in [-0.4, -0.2) is 55.1 Å². The Morgan fingerprint density at radius 1 is 0.886 bits per heavy atom. The van der Waals surface area contributed by atoms with Crippen LogP contribution < -0.4 is 0 Å². The van der Waals surface area contributed by atoms with E-state index in [0.29, 0.717) is 27.5 Å². The van der Waals surface area contributed by atoms with E-state index in [9.17, 15) is 33.7 Å². The zero-order valence-electron chi connectivity index (χ0n) is 17.8. The average Bonchev–Trinajstić information content (AvgIpc) is 3.50. The highest BCUT2D eigenvalue weighted by atomic mass is 19.1. The molecule has 0 bridgehead atoms. The Morgan fingerprint density at radius 2 is 1.54 bits per heavy atom. The van der Waals surface area contributed by atoms with Crippen LogP contribution in [0.5, 0.6) is 0 Å². The Balaban J connectivity index is 1.78. The molecular formula is C25H16F2N2O6. The van der Waals surface area contributed by atoms with E-state index in [2.05, 4.69) is 4.98 Å². The van der Waals surface area contributed by atoms with Gasteiger partial charge in [-0.3, -0.25) is 0 Å². The summed E-state index contributed by atoms with van der Waals surface area (Å²) < 4.78 is 35.2. The molecule has 2 aliphatic rings. The first-order valence-electron chi connectivity index (χ1n) is 11.0. The topological polar surface area (TPSA) is 125 Å². The van der Waals surface area contributed by atoms with Crippen LogP contribution in [0.15, 0.2) is 36.4 Å². The molecule has 0 amide bonds. The maximum Gasteiger partial charge on any atom is 0.347 e. The molecule has 3 heterocycles. The summed E-state index contributed by atoms with van der Waals surface area (Å²) in [5.41, 5.74) is 1.46. The van der Waals surface area contributed by atoms with E-state index in [1.165, 1.54) is 36.4 Å². The molecule has 35 heavy (non-hydrogen) atoms. The second-order valence-corrected chi connectivity index (χ2v) is 9.10. The SMILES string of the molecule is O=C1OC(=O)c2c1c1c3cc(F)ccc3[nH]c1c1c2c2cc(F)ccc2n1C1C[C@H](O)[C@@H](O)[C@H]1O. The van der Waals surface area contributed by atoms with Crippen molar-refractivity contribution in [3.8, 4) is 0 Å². The van der Waals surface area contributed by atoms with E-state index in [1.54, 1.807) is 4.57 Å². The van der Waals surface area contributed by atoms with Gasteiger partial charge in [-0.25, -0.2) is 18.4 Å². The fraction of sp³-hybridized carbons (Fsp3) is 0.200. The fourth-order valence-electron chi connectivity index (χ4n) is 5.82. The summed E-state index contributed by atoms with van der Waals surface area (Å²) in [5, 5.41) is 32.5. The van der Waals surface area contributed by atoms with Crippen LogP contribution in [0.3, 0.4) is 0 Å². The molecule has 8 nitrogen and oxygen atoms in total. The van der Waals surface area contributed by atoms with Crippen molar-refractivity contribution in [1.29, 1.82) is 0 Å². The lowest BCUT2D eigenvalue weighted by atomic mass is 9.96. The Labute approximate surface area is 193 Å². The van der Waals surface area contributed by atoms with Gasteiger partial charge >= 0.3 is 11.9 Å². The van der Waals surface area contributed by atoms with Gasteiger partial charge in [0.05, 0.1) is 34.3 Å². The molecule has 2 aromatic heterocycles.